The fraction of sp³-hybridized carbons (Fsp3) is 0.474. The lowest BCUT2D eigenvalue weighted by Crippen LogP contribution is -2.53. The topological polar surface area (TPSA) is 122 Å². The number of halogens is 3. The van der Waals surface area contributed by atoms with Crippen molar-refractivity contribution in [1.82, 2.24) is 10.6 Å². The summed E-state index contributed by atoms with van der Waals surface area (Å²) in [5.41, 5.74) is 1.52. The smallest absolute Gasteiger partial charge is 0.416 e. The number of carbonyl (C=O) groups is 4. The molecule has 1 saturated carbocycles. The predicted octanol–water partition coefficient (Wildman–Crippen LogP) is 6.86. The number of carbonyl (C=O) groups excluding carboxylic acids is 4. The molecular formula is C38H45F3N2O6. The van der Waals surface area contributed by atoms with Crippen molar-refractivity contribution in [2.45, 2.75) is 96.2 Å². The summed E-state index contributed by atoms with van der Waals surface area (Å²) in [5, 5.41) is 17.1. The lowest BCUT2D eigenvalue weighted by atomic mass is 9.82. The van der Waals surface area contributed by atoms with E-state index >= 15 is 0 Å². The Bertz CT molecular complexity index is 1570. The van der Waals surface area contributed by atoms with Gasteiger partial charge in [-0.1, -0.05) is 93.1 Å². The van der Waals surface area contributed by atoms with Gasteiger partial charge in [0.15, 0.2) is 11.9 Å². The number of aliphatic hydroxyl groups excluding tert-OH is 1. The van der Waals surface area contributed by atoms with Crippen LogP contribution < -0.4 is 10.6 Å². The van der Waals surface area contributed by atoms with Crippen LogP contribution in [0.3, 0.4) is 0 Å². The molecule has 0 heterocycles. The van der Waals surface area contributed by atoms with E-state index in [9.17, 15) is 37.5 Å². The Hall–Kier alpha value is -4.25. The minimum absolute atomic E-state index is 0.0351. The van der Waals surface area contributed by atoms with E-state index in [1.54, 1.807) is 24.3 Å². The molecule has 1 unspecified atom stereocenters. The lowest BCUT2D eigenvalue weighted by Gasteiger charge is -2.32. The van der Waals surface area contributed by atoms with Gasteiger partial charge in [-0.2, -0.15) is 13.2 Å². The van der Waals surface area contributed by atoms with E-state index in [-0.39, 0.29) is 50.4 Å². The van der Waals surface area contributed by atoms with Crippen molar-refractivity contribution in [3.63, 3.8) is 0 Å². The molecule has 0 bridgehead atoms. The first-order valence-electron chi connectivity index (χ1n) is 16.9. The minimum atomic E-state index is -5.04. The van der Waals surface area contributed by atoms with Gasteiger partial charge in [-0.25, -0.2) is 4.79 Å². The lowest BCUT2D eigenvalue weighted by molar-refractivity contribution is -0.213. The highest BCUT2D eigenvalue weighted by Gasteiger charge is 2.46. The van der Waals surface area contributed by atoms with Gasteiger partial charge in [0.2, 0.25) is 5.91 Å². The third-order valence-electron chi connectivity index (χ3n) is 9.04. The van der Waals surface area contributed by atoms with E-state index in [0.717, 1.165) is 21.9 Å². The number of rotatable bonds is 15. The Balaban J connectivity index is 1.56. The molecule has 1 aliphatic carbocycles. The number of nitrogens with one attached hydrogen (secondary N) is 2. The highest BCUT2D eigenvalue weighted by atomic mass is 19.4. The number of ketones is 2. The van der Waals surface area contributed by atoms with Gasteiger partial charge >= 0.3 is 12.3 Å². The average Bonchev–Trinajstić information content (AvgIpc) is 3.07. The first kappa shape index (κ1) is 37.6. The van der Waals surface area contributed by atoms with Crippen LogP contribution in [0.1, 0.15) is 69.9 Å². The van der Waals surface area contributed by atoms with Gasteiger partial charge in [-0.05, 0) is 53.5 Å². The SMILES string of the molecule is CC(C)C[C@H](CC(=O)[C@H](Cc1cccc2ccccc12)NC(=O)OCc1ccccc1)C(=O)N[C@@H](C[C@@H]1CCCCC1=O)C(O)C(F)(F)F. The Morgan fingerprint density at radius 3 is 2.33 bits per heavy atom. The van der Waals surface area contributed by atoms with Crippen LogP contribution in [0.25, 0.3) is 10.8 Å². The molecule has 0 radical (unpaired) electrons. The molecule has 3 N–H and O–H groups in total. The fourth-order valence-corrected chi connectivity index (χ4v) is 6.49. The van der Waals surface area contributed by atoms with Crippen molar-refractivity contribution in [2.24, 2.45) is 17.8 Å². The molecule has 0 saturated heterocycles. The van der Waals surface area contributed by atoms with E-state index in [4.69, 9.17) is 4.74 Å². The molecule has 0 spiro atoms. The van der Waals surface area contributed by atoms with Crippen LogP contribution in [0.2, 0.25) is 0 Å². The largest absolute Gasteiger partial charge is 0.445 e. The normalized spacial score (nSPS) is 17.6. The molecule has 1 fully saturated rings. The van der Waals surface area contributed by atoms with Crippen molar-refractivity contribution < 1.29 is 42.2 Å². The average molecular weight is 683 g/mol. The van der Waals surface area contributed by atoms with E-state index in [0.29, 0.717) is 19.3 Å². The Morgan fingerprint density at radius 1 is 0.939 bits per heavy atom. The van der Waals surface area contributed by atoms with Gasteiger partial charge in [-0.15, -0.1) is 0 Å². The first-order valence-corrected chi connectivity index (χ1v) is 16.9. The summed E-state index contributed by atoms with van der Waals surface area (Å²) in [6.45, 7) is 3.60. The number of hydrogen-bond acceptors (Lipinski definition) is 6. The monoisotopic (exact) mass is 682 g/mol. The van der Waals surface area contributed by atoms with Crippen molar-refractivity contribution in [3.8, 4) is 0 Å². The summed E-state index contributed by atoms with van der Waals surface area (Å²) >= 11 is 0. The van der Waals surface area contributed by atoms with Gasteiger partial charge in [0.05, 0.1) is 12.1 Å². The second kappa shape index (κ2) is 17.4. The molecule has 264 valence electrons. The number of hydrogen-bond donors (Lipinski definition) is 3. The van der Waals surface area contributed by atoms with Crippen molar-refractivity contribution in [2.75, 3.05) is 0 Å². The van der Waals surface area contributed by atoms with Crippen LogP contribution >= 0.6 is 0 Å². The Labute approximate surface area is 284 Å². The second-order valence-corrected chi connectivity index (χ2v) is 13.3. The predicted molar refractivity (Wildman–Crippen MR) is 179 cm³/mol. The van der Waals surface area contributed by atoms with Crippen LogP contribution in [-0.4, -0.2) is 53.0 Å². The number of amides is 2. The van der Waals surface area contributed by atoms with E-state index in [2.05, 4.69) is 10.6 Å². The molecule has 3 aromatic carbocycles. The molecule has 1 aliphatic rings. The second-order valence-electron chi connectivity index (χ2n) is 13.3. The number of aliphatic hydroxyl groups is 1. The van der Waals surface area contributed by atoms with Crippen LogP contribution in [0.5, 0.6) is 0 Å². The molecule has 3 aromatic rings. The molecule has 4 rings (SSSR count). The zero-order chi connectivity index (χ0) is 35.6. The fourth-order valence-electron chi connectivity index (χ4n) is 6.49. The van der Waals surface area contributed by atoms with E-state index in [1.165, 1.54) is 0 Å². The molecule has 0 aliphatic heterocycles. The molecule has 49 heavy (non-hydrogen) atoms. The van der Waals surface area contributed by atoms with E-state index in [1.807, 2.05) is 62.4 Å². The number of benzene rings is 3. The maximum Gasteiger partial charge on any atom is 0.416 e. The summed E-state index contributed by atoms with van der Waals surface area (Å²) in [5.74, 6) is -3.40. The van der Waals surface area contributed by atoms with Gasteiger partial charge in [-0.3, -0.25) is 14.4 Å². The number of Topliss-reactive ketones (excluding diaryl/α,β-unsaturated/α-hetero) is 2. The molecule has 5 atom stereocenters. The third-order valence-corrected chi connectivity index (χ3v) is 9.04. The highest BCUT2D eigenvalue weighted by Crippen LogP contribution is 2.31. The molecule has 8 nitrogen and oxygen atoms in total. The quantitative estimate of drug-likeness (QED) is 0.161. The standard InChI is InChI=1S/C38H45F3N2O6/c1-24(2)19-29(36(47)42-32(35(46)38(39,40)41)21-28-14-7-9-18-33(28)44)22-34(45)31(43-37(48)49-23-25-11-4-3-5-12-25)20-27-16-10-15-26-13-6-8-17-30(26)27/h3-6,8,10-13,15-17,24,28-29,31-32,35,46H,7,9,14,18-23H2,1-2H3,(H,42,47)(H,43,48)/t28-,29+,31-,32-,35?/m0/s1. The highest BCUT2D eigenvalue weighted by molar-refractivity contribution is 5.93. The number of fused-ring (bicyclic) bond motifs is 1. The summed E-state index contributed by atoms with van der Waals surface area (Å²) in [4.78, 5) is 53.1. The summed E-state index contributed by atoms with van der Waals surface area (Å²) in [6.07, 6.45) is -7.30. The maximum atomic E-state index is 14.0. The van der Waals surface area contributed by atoms with Gasteiger partial charge < -0.3 is 20.5 Å². The van der Waals surface area contributed by atoms with Crippen molar-refractivity contribution in [1.29, 1.82) is 0 Å². The summed E-state index contributed by atoms with van der Waals surface area (Å²) < 4.78 is 46.6. The van der Waals surface area contributed by atoms with Crippen molar-refractivity contribution >= 4 is 34.3 Å². The first-order chi connectivity index (χ1) is 23.3. The summed E-state index contributed by atoms with van der Waals surface area (Å²) in [6, 6.07) is 19.3. The van der Waals surface area contributed by atoms with Gasteiger partial charge in [0.1, 0.15) is 12.4 Å². The molecule has 0 aromatic heterocycles. The number of ether oxygens (including phenoxy) is 1. The van der Waals surface area contributed by atoms with Crippen LogP contribution in [-0.2, 0) is 32.1 Å². The summed E-state index contributed by atoms with van der Waals surface area (Å²) in [7, 11) is 0. The van der Waals surface area contributed by atoms with Crippen LogP contribution in [0.15, 0.2) is 72.8 Å². The molecule has 2 amide bonds. The third kappa shape index (κ3) is 11.1. The Kier molecular flexibility index (Phi) is 13.4. The maximum absolute atomic E-state index is 14.0. The minimum Gasteiger partial charge on any atom is -0.445 e. The zero-order valence-electron chi connectivity index (χ0n) is 27.9. The Morgan fingerprint density at radius 2 is 1.63 bits per heavy atom. The molecular weight excluding hydrogens is 637 g/mol. The van der Waals surface area contributed by atoms with Crippen molar-refractivity contribution in [3.05, 3.63) is 83.9 Å². The number of alkyl carbamates (subject to hydrolysis) is 1. The van der Waals surface area contributed by atoms with Crippen LogP contribution in [0, 0.1) is 17.8 Å². The van der Waals surface area contributed by atoms with Gasteiger partial charge in [0, 0.05) is 31.1 Å². The number of alkyl halides is 3. The van der Waals surface area contributed by atoms with Gasteiger partial charge in [0.25, 0.3) is 0 Å². The zero-order valence-corrected chi connectivity index (χ0v) is 27.9. The van der Waals surface area contributed by atoms with Crippen LogP contribution in [0.4, 0.5) is 18.0 Å². The van der Waals surface area contributed by atoms with E-state index < -0.39 is 54.0 Å². The molecule has 11 heteroatoms.